The molecule has 18 heavy (non-hydrogen) atoms. The average Bonchev–Trinajstić information content (AvgIpc) is 2.75. The van der Waals surface area contributed by atoms with Crippen LogP contribution < -0.4 is 5.32 Å². The van der Waals surface area contributed by atoms with Gasteiger partial charge in [-0.15, -0.1) is 0 Å². The van der Waals surface area contributed by atoms with Crippen LogP contribution in [0.25, 0.3) is 0 Å². The van der Waals surface area contributed by atoms with Crippen molar-refractivity contribution < 1.29 is 4.79 Å². The van der Waals surface area contributed by atoms with Crippen LogP contribution in [0.3, 0.4) is 0 Å². The lowest BCUT2D eigenvalue weighted by Crippen LogP contribution is -2.56. The number of nitrogens with one attached hydrogen (secondary N) is 1. The van der Waals surface area contributed by atoms with Crippen LogP contribution in [0.4, 0.5) is 0 Å². The van der Waals surface area contributed by atoms with E-state index in [0.29, 0.717) is 5.91 Å². The van der Waals surface area contributed by atoms with Crippen molar-refractivity contribution in [2.75, 3.05) is 39.3 Å². The maximum absolute atomic E-state index is 12.5. The van der Waals surface area contributed by atoms with Crippen molar-refractivity contribution in [2.45, 2.75) is 38.6 Å². The molecule has 1 aliphatic carbocycles. The quantitative estimate of drug-likeness (QED) is 0.784. The van der Waals surface area contributed by atoms with E-state index in [2.05, 4.69) is 22.0 Å². The third kappa shape index (κ3) is 2.16. The van der Waals surface area contributed by atoms with Gasteiger partial charge in [0.2, 0.25) is 5.91 Å². The third-order valence-electron chi connectivity index (χ3n) is 5.08. The molecule has 0 spiro atoms. The molecule has 102 valence electrons. The van der Waals surface area contributed by atoms with E-state index in [0.717, 1.165) is 51.7 Å². The Morgan fingerprint density at radius 2 is 1.94 bits per heavy atom. The van der Waals surface area contributed by atoms with Gasteiger partial charge in [0.05, 0.1) is 5.41 Å². The smallest absolute Gasteiger partial charge is 0.229 e. The SMILES string of the molecule is CC1(C(=O)N2CCN(C3CCC3)CC2)CCNC1. The van der Waals surface area contributed by atoms with E-state index in [4.69, 9.17) is 0 Å². The van der Waals surface area contributed by atoms with Crippen molar-refractivity contribution >= 4 is 5.91 Å². The van der Waals surface area contributed by atoms with Crippen LogP contribution in [0.5, 0.6) is 0 Å². The molecule has 0 bridgehead atoms. The maximum atomic E-state index is 12.5. The van der Waals surface area contributed by atoms with Crippen LogP contribution in [0.1, 0.15) is 32.6 Å². The van der Waals surface area contributed by atoms with Crippen LogP contribution in [-0.2, 0) is 4.79 Å². The summed E-state index contributed by atoms with van der Waals surface area (Å²) in [5, 5.41) is 3.32. The highest BCUT2D eigenvalue weighted by atomic mass is 16.2. The first kappa shape index (κ1) is 12.4. The molecular formula is C14H25N3O. The zero-order chi connectivity index (χ0) is 12.6. The summed E-state index contributed by atoms with van der Waals surface area (Å²) in [6.07, 6.45) is 5.13. The molecule has 0 aromatic carbocycles. The predicted molar refractivity (Wildman–Crippen MR) is 71.4 cm³/mol. The number of hydrogen-bond acceptors (Lipinski definition) is 3. The molecule has 4 nitrogen and oxygen atoms in total. The molecule has 3 aliphatic rings. The van der Waals surface area contributed by atoms with E-state index in [1.807, 2.05) is 0 Å². The highest BCUT2D eigenvalue weighted by Crippen LogP contribution is 2.29. The second-order valence-electron chi connectivity index (χ2n) is 6.40. The van der Waals surface area contributed by atoms with Gasteiger partial charge in [-0.05, 0) is 32.7 Å². The number of hydrogen-bond donors (Lipinski definition) is 1. The Labute approximate surface area is 110 Å². The van der Waals surface area contributed by atoms with Gasteiger partial charge in [0.1, 0.15) is 0 Å². The minimum atomic E-state index is -0.140. The van der Waals surface area contributed by atoms with Crippen molar-refractivity contribution in [2.24, 2.45) is 5.41 Å². The molecule has 0 aromatic rings. The Morgan fingerprint density at radius 1 is 1.22 bits per heavy atom. The molecule has 3 rings (SSSR count). The van der Waals surface area contributed by atoms with E-state index in [-0.39, 0.29) is 5.41 Å². The van der Waals surface area contributed by atoms with E-state index in [1.165, 1.54) is 19.3 Å². The van der Waals surface area contributed by atoms with Gasteiger partial charge in [0, 0.05) is 38.8 Å². The molecule has 1 saturated carbocycles. The predicted octanol–water partition coefficient (Wildman–Crippen LogP) is 0.683. The van der Waals surface area contributed by atoms with Crippen LogP contribution in [-0.4, -0.2) is 61.0 Å². The highest BCUT2D eigenvalue weighted by molar-refractivity contribution is 5.83. The maximum Gasteiger partial charge on any atom is 0.229 e. The number of rotatable bonds is 2. The third-order valence-corrected chi connectivity index (χ3v) is 5.08. The second-order valence-corrected chi connectivity index (χ2v) is 6.40. The topological polar surface area (TPSA) is 35.6 Å². The van der Waals surface area contributed by atoms with Crippen molar-refractivity contribution in [3.63, 3.8) is 0 Å². The Bertz CT molecular complexity index is 313. The van der Waals surface area contributed by atoms with Gasteiger partial charge >= 0.3 is 0 Å². The zero-order valence-corrected chi connectivity index (χ0v) is 11.5. The monoisotopic (exact) mass is 251 g/mol. The van der Waals surface area contributed by atoms with Gasteiger partial charge in [0.25, 0.3) is 0 Å². The molecule has 2 aliphatic heterocycles. The standard InChI is InChI=1S/C14H25N3O/c1-14(5-6-15-11-14)13(18)17-9-7-16(8-10-17)12-3-2-4-12/h12,15H,2-11H2,1H3. The first-order valence-corrected chi connectivity index (χ1v) is 7.43. The molecule has 2 saturated heterocycles. The molecule has 1 amide bonds. The molecular weight excluding hydrogens is 226 g/mol. The fourth-order valence-electron chi connectivity index (χ4n) is 3.42. The normalized spacial score (nSPS) is 34.6. The Hall–Kier alpha value is -0.610. The Balaban J connectivity index is 1.54. The molecule has 0 aromatic heterocycles. The van der Waals surface area contributed by atoms with Crippen molar-refractivity contribution in [3.8, 4) is 0 Å². The number of nitrogens with zero attached hydrogens (tertiary/aromatic N) is 2. The van der Waals surface area contributed by atoms with Gasteiger partial charge in [-0.3, -0.25) is 9.69 Å². The summed E-state index contributed by atoms with van der Waals surface area (Å²) >= 11 is 0. The number of piperazine rings is 1. The number of carbonyl (C=O) groups is 1. The molecule has 2 heterocycles. The van der Waals surface area contributed by atoms with Crippen LogP contribution in [0, 0.1) is 5.41 Å². The Kier molecular flexibility index (Phi) is 3.32. The lowest BCUT2D eigenvalue weighted by Gasteiger charge is -2.44. The van der Waals surface area contributed by atoms with Crippen molar-refractivity contribution in [3.05, 3.63) is 0 Å². The number of amides is 1. The fraction of sp³-hybridized carbons (Fsp3) is 0.929. The molecule has 3 fully saturated rings. The minimum absolute atomic E-state index is 0.140. The summed E-state index contributed by atoms with van der Waals surface area (Å²) in [6, 6.07) is 0.825. The van der Waals surface area contributed by atoms with Gasteiger partial charge in [0.15, 0.2) is 0 Å². The largest absolute Gasteiger partial charge is 0.340 e. The Morgan fingerprint density at radius 3 is 2.44 bits per heavy atom. The summed E-state index contributed by atoms with van der Waals surface area (Å²) in [6.45, 7) is 8.00. The van der Waals surface area contributed by atoms with Gasteiger partial charge in [-0.1, -0.05) is 6.42 Å². The van der Waals surface area contributed by atoms with E-state index >= 15 is 0 Å². The summed E-state index contributed by atoms with van der Waals surface area (Å²) < 4.78 is 0. The molecule has 0 radical (unpaired) electrons. The summed E-state index contributed by atoms with van der Waals surface area (Å²) in [5.74, 6) is 0.376. The minimum Gasteiger partial charge on any atom is -0.340 e. The molecule has 4 heteroatoms. The van der Waals surface area contributed by atoms with E-state index in [9.17, 15) is 4.79 Å². The second kappa shape index (κ2) is 4.82. The number of carbonyl (C=O) groups excluding carboxylic acids is 1. The zero-order valence-electron chi connectivity index (χ0n) is 11.5. The summed E-state index contributed by atoms with van der Waals surface area (Å²) in [5.41, 5.74) is -0.140. The fourth-order valence-corrected chi connectivity index (χ4v) is 3.42. The molecule has 1 unspecified atom stereocenters. The first-order chi connectivity index (χ1) is 8.69. The van der Waals surface area contributed by atoms with Gasteiger partial charge < -0.3 is 10.2 Å². The highest BCUT2D eigenvalue weighted by Gasteiger charge is 2.40. The van der Waals surface area contributed by atoms with Crippen LogP contribution >= 0.6 is 0 Å². The van der Waals surface area contributed by atoms with Crippen molar-refractivity contribution in [1.82, 2.24) is 15.1 Å². The van der Waals surface area contributed by atoms with Gasteiger partial charge in [-0.25, -0.2) is 0 Å². The lowest BCUT2D eigenvalue weighted by atomic mass is 9.87. The summed E-state index contributed by atoms with van der Waals surface area (Å²) in [4.78, 5) is 17.2. The van der Waals surface area contributed by atoms with Gasteiger partial charge in [-0.2, -0.15) is 0 Å². The van der Waals surface area contributed by atoms with E-state index in [1.54, 1.807) is 0 Å². The van der Waals surface area contributed by atoms with Crippen molar-refractivity contribution in [1.29, 1.82) is 0 Å². The van der Waals surface area contributed by atoms with Crippen LogP contribution in [0.2, 0.25) is 0 Å². The average molecular weight is 251 g/mol. The summed E-state index contributed by atoms with van der Waals surface area (Å²) in [7, 11) is 0. The molecule has 1 N–H and O–H groups in total. The molecule has 1 atom stereocenters. The first-order valence-electron chi connectivity index (χ1n) is 7.43. The lowest BCUT2D eigenvalue weighted by molar-refractivity contribution is -0.142. The van der Waals surface area contributed by atoms with E-state index < -0.39 is 0 Å². The van der Waals surface area contributed by atoms with Crippen LogP contribution in [0.15, 0.2) is 0 Å².